The lowest BCUT2D eigenvalue weighted by molar-refractivity contribution is -0.121. The number of nitrogens with zero attached hydrogens (tertiary/aromatic N) is 1. The molecule has 3 rings (SSSR count). The summed E-state index contributed by atoms with van der Waals surface area (Å²) in [6.07, 6.45) is 1.81. The smallest absolute Gasteiger partial charge is 0.243 e. The summed E-state index contributed by atoms with van der Waals surface area (Å²) in [7, 11) is -3.93. The Bertz CT molecular complexity index is 996. The molecule has 0 radical (unpaired) electrons. The van der Waals surface area contributed by atoms with E-state index in [0.29, 0.717) is 28.8 Å². The van der Waals surface area contributed by atoms with Crippen molar-refractivity contribution in [1.82, 2.24) is 9.62 Å². The molecule has 1 amide bonds. The van der Waals surface area contributed by atoms with Crippen LogP contribution in [0.1, 0.15) is 18.4 Å². The first-order valence-electron chi connectivity index (χ1n) is 9.33. The van der Waals surface area contributed by atoms with Crippen molar-refractivity contribution in [3.8, 4) is 0 Å². The van der Waals surface area contributed by atoms with Gasteiger partial charge in [-0.15, -0.1) is 0 Å². The van der Waals surface area contributed by atoms with Crippen LogP contribution in [0.15, 0.2) is 51.8 Å². The fourth-order valence-corrected chi connectivity index (χ4v) is 5.04. The van der Waals surface area contributed by atoms with Crippen molar-refractivity contribution in [3.63, 3.8) is 0 Å². The molecule has 0 aliphatic carbocycles. The Morgan fingerprint density at radius 2 is 1.90 bits per heavy atom. The molecule has 1 atom stereocenters. The molecule has 2 aromatic rings. The first-order chi connectivity index (χ1) is 14.3. The number of carbonyl (C=O) groups is 1. The van der Waals surface area contributed by atoms with E-state index in [1.165, 1.54) is 12.1 Å². The zero-order valence-electron chi connectivity index (χ0n) is 16.0. The highest BCUT2D eigenvalue weighted by Crippen LogP contribution is 2.25. The number of halogens is 3. The van der Waals surface area contributed by atoms with E-state index in [1.54, 1.807) is 30.3 Å². The predicted molar refractivity (Wildman–Crippen MR) is 120 cm³/mol. The predicted octanol–water partition coefficient (Wildman–Crippen LogP) is 4.24. The molecule has 162 valence electrons. The van der Waals surface area contributed by atoms with E-state index in [2.05, 4.69) is 21.2 Å². The number of carbonyl (C=O) groups excluding carboxylic acids is 1. The zero-order valence-corrected chi connectivity index (χ0v) is 19.9. The van der Waals surface area contributed by atoms with Crippen molar-refractivity contribution in [3.05, 3.63) is 62.5 Å². The molecular weight excluding hydrogens is 515 g/mol. The molecule has 6 nitrogen and oxygen atoms in total. The fourth-order valence-electron chi connectivity index (χ4n) is 3.07. The van der Waals surface area contributed by atoms with E-state index in [9.17, 15) is 13.2 Å². The molecule has 0 aromatic heterocycles. The summed E-state index contributed by atoms with van der Waals surface area (Å²) in [5.74, 6) is -0.397. The second-order valence-corrected chi connectivity index (χ2v) is 10.6. The number of sulfonamides is 1. The minimum Gasteiger partial charge on any atom is -0.376 e. The van der Waals surface area contributed by atoms with Gasteiger partial charge >= 0.3 is 0 Å². The maximum atomic E-state index is 13.2. The lowest BCUT2D eigenvalue weighted by atomic mass is 10.2. The summed E-state index contributed by atoms with van der Waals surface area (Å²) in [5.41, 5.74) is 0.622. The van der Waals surface area contributed by atoms with Crippen LogP contribution in [0.2, 0.25) is 10.0 Å². The zero-order chi connectivity index (χ0) is 21.7. The quantitative estimate of drug-likeness (QED) is 0.548. The lowest BCUT2D eigenvalue weighted by Gasteiger charge is -2.22. The van der Waals surface area contributed by atoms with Gasteiger partial charge in [-0.3, -0.25) is 4.79 Å². The Balaban J connectivity index is 1.80. The highest BCUT2D eigenvalue weighted by molar-refractivity contribution is 9.10. The van der Waals surface area contributed by atoms with Gasteiger partial charge in [0.15, 0.2) is 0 Å². The van der Waals surface area contributed by atoms with Gasteiger partial charge < -0.3 is 10.1 Å². The van der Waals surface area contributed by atoms with Gasteiger partial charge in [0, 0.05) is 24.2 Å². The molecule has 30 heavy (non-hydrogen) atoms. The second-order valence-electron chi connectivity index (χ2n) is 6.91. The third kappa shape index (κ3) is 6.18. The molecule has 2 aromatic carbocycles. The van der Waals surface area contributed by atoms with Gasteiger partial charge in [0.2, 0.25) is 15.9 Å². The summed E-state index contributed by atoms with van der Waals surface area (Å²) < 4.78 is 33.9. The summed E-state index contributed by atoms with van der Waals surface area (Å²) in [5, 5.41) is 3.46. The number of amides is 1. The van der Waals surface area contributed by atoms with Gasteiger partial charge in [0.1, 0.15) is 0 Å². The van der Waals surface area contributed by atoms with Gasteiger partial charge in [-0.25, -0.2) is 8.42 Å². The molecule has 0 saturated carbocycles. The van der Waals surface area contributed by atoms with Crippen LogP contribution < -0.4 is 5.32 Å². The Hall–Kier alpha value is -1.16. The van der Waals surface area contributed by atoms with Gasteiger partial charge in [-0.2, -0.15) is 4.31 Å². The Labute approximate surface area is 194 Å². The summed E-state index contributed by atoms with van der Waals surface area (Å²) in [6.45, 7) is 0.688. The first kappa shape index (κ1) is 23.5. The molecule has 1 fully saturated rings. The molecule has 10 heteroatoms. The highest BCUT2D eigenvalue weighted by Gasteiger charge is 2.27. The second kappa shape index (κ2) is 10.4. The Morgan fingerprint density at radius 3 is 2.53 bits per heavy atom. The van der Waals surface area contributed by atoms with Crippen LogP contribution in [-0.4, -0.2) is 44.4 Å². The van der Waals surface area contributed by atoms with E-state index in [1.807, 2.05) is 0 Å². The van der Waals surface area contributed by atoms with Gasteiger partial charge in [-0.05, 0) is 54.8 Å². The van der Waals surface area contributed by atoms with Crippen LogP contribution in [0.4, 0.5) is 0 Å². The van der Waals surface area contributed by atoms with E-state index in [-0.39, 0.29) is 24.1 Å². The third-order valence-electron chi connectivity index (χ3n) is 4.67. The Morgan fingerprint density at radius 1 is 1.17 bits per heavy atom. The summed E-state index contributed by atoms with van der Waals surface area (Å²) >= 11 is 15.3. The molecular formula is C20H21BrCl2N2O4S. The maximum absolute atomic E-state index is 13.2. The van der Waals surface area contributed by atoms with Crippen LogP contribution in [0.3, 0.4) is 0 Å². The van der Waals surface area contributed by atoms with E-state index >= 15 is 0 Å². The number of nitrogens with one attached hydrogen (secondary N) is 1. The topological polar surface area (TPSA) is 75.7 Å². The summed E-state index contributed by atoms with van der Waals surface area (Å²) in [4.78, 5) is 12.6. The van der Waals surface area contributed by atoms with Crippen LogP contribution in [0.25, 0.3) is 0 Å². The molecule has 1 N–H and O–H groups in total. The molecule has 1 aliphatic rings. The van der Waals surface area contributed by atoms with Gasteiger partial charge in [0.05, 0.1) is 27.6 Å². The lowest BCUT2D eigenvalue weighted by Crippen LogP contribution is -2.42. The number of hydrogen-bond donors (Lipinski definition) is 1. The molecule has 1 heterocycles. The van der Waals surface area contributed by atoms with E-state index < -0.39 is 15.9 Å². The molecule has 1 saturated heterocycles. The monoisotopic (exact) mass is 534 g/mol. The Kier molecular flexibility index (Phi) is 8.17. The minimum atomic E-state index is -3.93. The first-order valence-corrected chi connectivity index (χ1v) is 12.3. The van der Waals surface area contributed by atoms with Crippen LogP contribution in [0.5, 0.6) is 0 Å². The number of benzene rings is 2. The average Bonchev–Trinajstić information content (AvgIpc) is 3.23. The number of rotatable bonds is 8. The van der Waals surface area contributed by atoms with Crippen molar-refractivity contribution in [2.45, 2.75) is 30.4 Å². The maximum Gasteiger partial charge on any atom is 0.243 e. The van der Waals surface area contributed by atoms with Gasteiger partial charge in [-0.1, -0.05) is 45.2 Å². The van der Waals surface area contributed by atoms with Crippen LogP contribution in [0, 0.1) is 0 Å². The fraction of sp³-hybridized carbons (Fsp3) is 0.350. The van der Waals surface area contributed by atoms with Crippen molar-refractivity contribution >= 4 is 55.1 Å². The van der Waals surface area contributed by atoms with Crippen molar-refractivity contribution in [2.24, 2.45) is 0 Å². The minimum absolute atomic E-state index is 0.0252. The molecule has 1 aliphatic heterocycles. The molecule has 0 bridgehead atoms. The van der Waals surface area contributed by atoms with Crippen LogP contribution in [-0.2, 0) is 26.1 Å². The largest absolute Gasteiger partial charge is 0.376 e. The SMILES string of the molecule is O=C(CN(Cc1ccc(Cl)c(Cl)c1)S(=O)(=O)c1ccc(Br)cc1)NC[C@@H]1CCCO1. The number of hydrogen-bond acceptors (Lipinski definition) is 4. The van der Waals surface area contributed by atoms with Crippen molar-refractivity contribution < 1.29 is 17.9 Å². The highest BCUT2D eigenvalue weighted by atomic mass is 79.9. The standard InChI is InChI=1S/C20H21BrCl2N2O4S/c21-15-4-6-17(7-5-15)30(27,28)25(12-14-3-8-18(22)19(23)10-14)13-20(26)24-11-16-2-1-9-29-16/h3-8,10,16H,1-2,9,11-13H2,(H,24,26)/t16-/m0/s1. The van der Waals surface area contributed by atoms with Gasteiger partial charge in [0.25, 0.3) is 0 Å². The third-order valence-corrected chi connectivity index (χ3v) is 7.74. The normalized spacial score (nSPS) is 16.7. The van der Waals surface area contributed by atoms with Crippen molar-refractivity contribution in [2.75, 3.05) is 19.7 Å². The number of ether oxygens (including phenoxy) is 1. The molecule has 0 spiro atoms. The van der Waals surface area contributed by atoms with E-state index in [4.69, 9.17) is 27.9 Å². The molecule has 0 unspecified atom stereocenters. The average molecular weight is 536 g/mol. The summed E-state index contributed by atoms with van der Waals surface area (Å²) in [6, 6.07) is 11.1. The van der Waals surface area contributed by atoms with Crippen molar-refractivity contribution in [1.29, 1.82) is 0 Å². The van der Waals surface area contributed by atoms with E-state index in [0.717, 1.165) is 21.6 Å². The van der Waals surface area contributed by atoms with Crippen LogP contribution >= 0.6 is 39.1 Å².